The maximum Gasteiger partial charge on any atom is 0.417 e. The van der Waals surface area contributed by atoms with Gasteiger partial charge in [-0.05, 0) is 55.5 Å². The second-order valence-electron chi connectivity index (χ2n) is 6.98. The second kappa shape index (κ2) is 9.32. The van der Waals surface area contributed by atoms with Crippen molar-refractivity contribution in [2.75, 3.05) is 17.1 Å². The number of rotatable bonds is 6. The zero-order valence-corrected chi connectivity index (χ0v) is 18.9. The molecule has 0 fully saturated rings. The number of carbonyl (C=O) groups is 1. The van der Waals surface area contributed by atoms with Gasteiger partial charge in [0.25, 0.3) is 15.9 Å². The molecule has 3 aromatic carbocycles. The third-order valence-corrected chi connectivity index (χ3v) is 6.28. The van der Waals surface area contributed by atoms with Crippen LogP contribution in [-0.4, -0.2) is 21.4 Å². The molecule has 0 aliphatic rings. The minimum atomic E-state index is -4.76. The lowest BCUT2D eigenvalue weighted by atomic mass is 10.1. The van der Waals surface area contributed by atoms with Crippen LogP contribution in [-0.2, 0) is 16.2 Å². The van der Waals surface area contributed by atoms with Gasteiger partial charge in [-0.2, -0.15) is 13.2 Å². The lowest BCUT2D eigenvalue weighted by Crippen LogP contribution is -2.16. The minimum absolute atomic E-state index is 0.0676. The van der Waals surface area contributed by atoms with E-state index in [1.165, 1.54) is 19.2 Å². The first-order chi connectivity index (χ1) is 15.4. The molecule has 174 valence electrons. The molecule has 11 heteroatoms. The molecule has 0 unspecified atom stereocenters. The first kappa shape index (κ1) is 24.4. The summed E-state index contributed by atoms with van der Waals surface area (Å²) < 4.78 is 72.2. The molecule has 2 N–H and O–H groups in total. The van der Waals surface area contributed by atoms with Gasteiger partial charge in [0.1, 0.15) is 5.75 Å². The molecule has 0 radical (unpaired) electrons. The first-order valence-corrected chi connectivity index (χ1v) is 11.2. The Hall–Kier alpha value is -3.24. The van der Waals surface area contributed by atoms with Crippen molar-refractivity contribution in [3.63, 3.8) is 0 Å². The Bertz CT molecular complexity index is 1290. The number of sulfonamides is 1. The molecule has 0 aliphatic carbocycles. The summed E-state index contributed by atoms with van der Waals surface area (Å²) in [6.07, 6.45) is -4.76. The average Bonchev–Trinajstić information content (AvgIpc) is 2.74. The third kappa shape index (κ3) is 5.77. The molecule has 0 heterocycles. The maximum absolute atomic E-state index is 13.1. The van der Waals surface area contributed by atoms with Crippen LogP contribution in [0.15, 0.2) is 65.6 Å². The van der Waals surface area contributed by atoms with Crippen molar-refractivity contribution in [3.8, 4) is 5.75 Å². The summed E-state index contributed by atoms with van der Waals surface area (Å²) >= 11 is 5.58. The summed E-state index contributed by atoms with van der Waals surface area (Å²) in [6.45, 7) is 1.87. The number of alkyl halides is 3. The number of hydrogen-bond acceptors (Lipinski definition) is 4. The lowest BCUT2D eigenvalue weighted by molar-refractivity contribution is -0.137. The predicted molar refractivity (Wildman–Crippen MR) is 119 cm³/mol. The van der Waals surface area contributed by atoms with Crippen LogP contribution < -0.4 is 14.8 Å². The normalized spacial score (nSPS) is 11.7. The summed E-state index contributed by atoms with van der Waals surface area (Å²) in [7, 11) is -2.97. The van der Waals surface area contributed by atoms with E-state index in [0.717, 1.165) is 23.8 Å². The summed E-state index contributed by atoms with van der Waals surface area (Å²) in [4.78, 5) is 12.3. The van der Waals surface area contributed by atoms with Crippen molar-refractivity contribution in [2.24, 2.45) is 0 Å². The highest BCUT2D eigenvalue weighted by atomic mass is 35.5. The summed E-state index contributed by atoms with van der Waals surface area (Å²) in [6, 6.07) is 13.0. The molecule has 0 bridgehead atoms. The van der Waals surface area contributed by atoms with Crippen LogP contribution in [0.4, 0.5) is 24.5 Å². The fourth-order valence-electron chi connectivity index (χ4n) is 2.87. The van der Waals surface area contributed by atoms with Crippen molar-refractivity contribution in [2.45, 2.75) is 18.0 Å². The molecule has 1 amide bonds. The predicted octanol–water partition coefficient (Wildman–Crippen LogP) is 5.73. The Morgan fingerprint density at radius 2 is 1.67 bits per heavy atom. The molecule has 3 aromatic rings. The largest absolute Gasteiger partial charge is 0.495 e. The zero-order chi connectivity index (χ0) is 24.4. The van der Waals surface area contributed by atoms with Gasteiger partial charge in [0, 0.05) is 11.3 Å². The third-order valence-electron chi connectivity index (χ3n) is 4.57. The van der Waals surface area contributed by atoms with Gasteiger partial charge < -0.3 is 10.1 Å². The van der Waals surface area contributed by atoms with Crippen molar-refractivity contribution in [3.05, 3.63) is 82.4 Å². The Balaban J connectivity index is 1.91. The van der Waals surface area contributed by atoms with Crippen molar-refractivity contribution in [1.29, 1.82) is 0 Å². The summed E-state index contributed by atoms with van der Waals surface area (Å²) in [5, 5.41) is 2.03. The molecule has 33 heavy (non-hydrogen) atoms. The van der Waals surface area contributed by atoms with E-state index in [1.54, 1.807) is 24.3 Å². The number of halogens is 4. The number of methoxy groups -OCH3 is 1. The van der Waals surface area contributed by atoms with E-state index >= 15 is 0 Å². The van der Waals surface area contributed by atoms with Crippen molar-refractivity contribution < 1.29 is 31.1 Å². The first-order valence-electron chi connectivity index (χ1n) is 9.36. The van der Waals surface area contributed by atoms with E-state index in [1.807, 2.05) is 6.92 Å². The van der Waals surface area contributed by atoms with Crippen LogP contribution >= 0.6 is 11.6 Å². The van der Waals surface area contributed by atoms with E-state index in [9.17, 15) is 26.4 Å². The van der Waals surface area contributed by atoms with Crippen LogP contribution in [0.3, 0.4) is 0 Å². The maximum atomic E-state index is 13.1. The zero-order valence-electron chi connectivity index (χ0n) is 17.3. The average molecular weight is 499 g/mol. The standard InChI is InChI=1S/C22H18ClF3N2O4S/c1-13-3-5-14(6-4-13)21(29)27-19-12-16(8-10-20(19)32-2)33(30,31)28-15-7-9-18(23)17(11-15)22(24,25)26/h3-12,28H,1-2H3,(H,27,29). The number of amides is 1. The van der Waals surface area contributed by atoms with E-state index in [4.69, 9.17) is 16.3 Å². The number of carbonyl (C=O) groups excluding carboxylic acids is 1. The SMILES string of the molecule is COc1ccc(S(=O)(=O)Nc2ccc(Cl)c(C(F)(F)F)c2)cc1NC(=O)c1ccc(C)cc1. The summed E-state index contributed by atoms with van der Waals surface area (Å²) in [5.74, 6) is -0.302. The van der Waals surface area contributed by atoms with Crippen molar-refractivity contribution >= 4 is 38.9 Å². The molecule has 3 rings (SSSR count). The molecular formula is C22H18ClF3N2O4S. The van der Waals surface area contributed by atoms with Crippen LogP contribution in [0.5, 0.6) is 5.75 Å². The van der Waals surface area contributed by atoms with E-state index in [2.05, 4.69) is 10.0 Å². The molecular weight excluding hydrogens is 481 g/mol. The molecule has 0 atom stereocenters. The Kier molecular flexibility index (Phi) is 6.89. The van der Waals surface area contributed by atoms with Crippen molar-refractivity contribution in [1.82, 2.24) is 0 Å². The smallest absolute Gasteiger partial charge is 0.417 e. The van der Waals surface area contributed by atoms with Crippen LogP contribution in [0.2, 0.25) is 5.02 Å². The lowest BCUT2D eigenvalue weighted by Gasteiger charge is -2.15. The molecule has 0 saturated carbocycles. The highest BCUT2D eigenvalue weighted by Crippen LogP contribution is 2.37. The van der Waals surface area contributed by atoms with Crippen LogP contribution in [0.1, 0.15) is 21.5 Å². The topological polar surface area (TPSA) is 84.5 Å². The van der Waals surface area contributed by atoms with Gasteiger partial charge in [0.05, 0.1) is 28.3 Å². The monoisotopic (exact) mass is 498 g/mol. The van der Waals surface area contributed by atoms with Gasteiger partial charge in [0.2, 0.25) is 0 Å². The number of nitrogens with one attached hydrogen (secondary N) is 2. The van der Waals surface area contributed by atoms with Gasteiger partial charge in [-0.25, -0.2) is 8.42 Å². The van der Waals surface area contributed by atoms with Crippen LogP contribution in [0, 0.1) is 6.92 Å². The number of hydrogen-bond donors (Lipinski definition) is 2. The molecule has 0 saturated heterocycles. The molecule has 0 spiro atoms. The van der Waals surface area contributed by atoms with Gasteiger partial charge in [-0.1, -0.05) is 29.3 Å². The number of anilines is 2. The number of ether oxygens (including phenoxy) is 1. The fraction of sp³-hybridized carbons (Fsp3) is 0.136. The highest BCUT2D eigenvalue weighted by molar-refractivity contribution is 7.92. The number of aryl methyl sites for hydroxylation is 1. The Morgan fingerprint density at radius 3 is 2.27 bits per heavy atom. The fourth-order valence-corrected chi connectivity index (χ4v) is 4.17. The van der Waals surface area contributed by atoms with Crippen LogP contribution in [0.25, 0.3) is 0 Å². The van der Waals surface area contributed by atoms with Gasteiger partial charge >= 0.3 is 6.18 Å². The quantitative estimate of drug-likeness (QED) is 0.454. The van der Waals surface area contributed by atoms with Gasteiger partial charge in [0.15, 0.2) is 0 Å². The highest BCUT2D eigenvalue weighted by Gasteiger charge is 2.33. The molecule has 0 aliphatic heterocycles. The molecule has 6 nitrogen and oxygen atoms in total. The minimum Gasteiger partial charge on any atom is -0.495 e. The van der Waals surface area contributed by atoms with E-state index < -0.39 is 32.7 Å². The van der Waals surface area contributed by atoms with E-state index in [-0.39, 0.29) is 22.0 Å². The van der Waals surface area contributed by atoms with Gasteiger partial charge in [-0.15, -0.1) is 0 Å². The Labute approximate surface area is 193 Å². The molecule has 0 aromatic heterocycles. The van der Waals surface area contributed by atoms with Gasteiger partial charge in [-0.3, -0.25) is 9.52 Å². The Morgan fingerprint density at radius 1 is 1.00 bits per heavy atom. The van der Waals surface area contributed by atoms with E-state index in [0.29, 0.717) is 11.6 Å². The summed E-state index contributed by atoms with van der Waals surface area (Å²) in [5.41, 5.74) is -0.134. The number of benzene rings is 3. The second-order valence-corrected chi connectivity index (χ2v) is 9.07.